The molecule has 37 heavy (non-hydrogen) atoms. The van der Waals surface area contributed by atoms with Crippen LogP contribution < -0.4 is 10.1 Å². The summed E-state index contributed by atoms with van der Waals surface area (Å²) < 4.78 is 6.72. The highest BCUT2D eigenvalue weighted by molar-refractivity contribution is 5.86. The number of rotatable bonds is 4. The predicted octanol–water partition coefficient (Wildman–Crippen LogP) is 6.01. The van der Waals surface area contributed by atoms with Gasteiger partial charge in [0.15, 0.2) is 0 Å². The van der Waals surface area contributed by atoms with E-state index in [2.05, 4.69) is 36.5 Å². The van der Waals surface area contributed by atoms with Crippen LogP contribution in [0.4, 0.5) is 0 Å². The molecule has 0 saturated heterocycles. The number of carbonyl (C=O) groups excluding carboxylic acids is 1. The maximum Gasteiger partial charge on any atom is 0.251 e. The zero-order valence-corrected chi connectivity index (χ0v) is 21.7. The molecule has 6 nitrogen and oxygen atoms in total. The maximum absolute atomic E-state index is 12.9. The number of amides is 1. The van der Waals surface area contributed by atoms with E-state index in [9.17, 15) is 15.2 Å². The summed E-state index contributed by atoms with van der Waals surface area (Å²) in [5.41, 5.74) is 4.27. The first kappa shape index (κ1) is 25.0. The van der Waals surface area contributed by atoms with Gasteiger partial charge in [-0.2, -0.15) is 5.26 Å². The van der Waals surface area contributed by atoms with Crippen LogP contribution in [0.3, 0.4) is 0 Å². The zero-order valence-electron chi connectivity index (χ0n) is 21.7. The van der Waals surface area contributed by atoms with Crippen molar-refractivity contribution in [1.29, 1.82) is 5.26 Å². The molecule has 0 radical (unpaired) electrons. The van der Waals surface area contributed by atoms with E-state index in [1.165, 1.54) is 20.3 Å². The summed E-state index contributed by atoms with van der Waals surface area (Å²) in [5.74, 6) is 0.129. The molecule has 2 heterocycles. The van der Waals surface area contributed by atoms with Gasteiger partial charge in [0.05, 0.1) is 23.4 Å². The van der Waals surface area contributed by atoms with Crippen LogP contribution in [0.5, 0.6) is 5.88 Å². The van der Waals surface area contributed by atoms with Crippen LogP contribution in [0, 0.1) is 18.3 Å². The average molecular weight is 496 g/mol. The monoisotopic (exact) mass is 495 g/mol. The van der Waals surface area contributed by atoms with E-state index in [0.29, 0.717) is 17.9 Å². The van der Waals surface area contributed by atoms with Crippen molar-refractivity contribution in [3.05, 3.63) is 71.3 Å². The van der Waals surface area contributed by atoms with Crippen molar-refractivity contribution in [1.82, 2.24) is 10.3 Å². The summed E-state index contributed by atoms with van der Waals surface area (Å²) in [6.07, 6.45) is 5.81. The number of hydrogen-bond acceptors (Lipinski definition) is 5. The number of fused-ring (bicyclic) bond motifs is 1. The molecule has 1 aromatic heterocycles. The fraction of sp³-hybridized carbons (Fsp3) is 0.387. The largest absolute Gasteiger partial charge is 0.471 e. The molecule has 2 aromatic carbocycles. The third-order valence-electron chi connectivity index (χ3n) is 7.63. The molecule has 1 amide bonds. The SMILES string of the molecule is Cc1ccccc1-c1nc2c(cc1-c1ccc(C#N)cc1)C(NC(=O)C(C)(C)O)CC1(CCCCC1)O2. The Balaban J connectivity index is 1.70. The molecule has 3 aromatic rings. The summed E-state index contributed by atoms with van der Waals surface area (Å²) in [6, 6.07) is 19.5. The number of pyridine rings is 1. The van der Waals surface area contributed by atoms with E-state index in [1.807, 2.05) is 24.3 Å². The Morgan fingerprint density at radius 1 is 1.11 bits per heavy atom. The molecule has 1 aliphatic carbocycles. The second-order valence-corrected chi connectivity index (χ2v) is 10.9. The quantitative estimate of drug-likeness (QED) is 0.462. The van der Waals surface area contributed by atoms with E-state index in [4.69, 9.17) is 9.72 Å². The van der Waals surface area contributed by atoms with E-state index in [1.54, 1.807) is 12.1 Å². The molecule has 2 aliphatic rings. The molecule has 1 atom stereocenters. The molecule has 5 rings (SSSR count). The van der Waals surface area contributed by atoms with Gasteiger partial charge < -0.3 is 15.2 Å². The highest BCUT2D eigenvalue weighted by atomic mass is 16.5. The van der Waals surface area contributed by atoms with Gasteiger partial charge in [-0.3, -0.25) is 4.79 Å². The Morgan fingerprint density at radius 3 is 2.46 bits per heavy atom. The molecular formula is C31H33N3O3. The van der Waals surface area contributed by atoms with Gasteiger partial charge in [-0.15, -0.1) is 0 Å². The van der Waals surface area contributed by atoms with Crippen LogP contribution in [-0.2, 0) is 4.79 Å². The van der Waals surface area contributed by atoms with Gasteiger partial charge in [-0.05, 0) is 75.8 Å². The standard InChI is InChI=1S/C31H33N3O3/c1-20-9-5-6-10-23(20)27-24(22-13-11-21(19-32)12-14-22)17-25-26(33-29(35)30(2,3)36)18-31(37-28(25)34-27)15-7-4-8-16-31/h5-6,9-14,17,26,36H,4,7-8,15-16,18H2,1-3H3,(H,33,35). The molecule has 1 spiro atoms. The van der Waals surface area contributed by atoms with Crippen LogP contribution in [-0.4, -0.2) is 27.2 Å². The number of ether oxygens (including phenoxy) is 1. The Labute approximate surface area is 218 Å². The minimum atomic E-state index is -1.50. The van der Waals surface area contributed by atoms with Gasteiger partial charge in [0.2, 0.25) is 5.88 Å². The Bertz CT molecular complexity index is 1360. The maximum atomic E-state index is 12.9. The second-order valence-electron chi connectivity index (χ2n) is 10.9. The first-order valence-electron chi connectivity index (χ1n) is 13.0. The molecule has 190 valence electrons. The van der Waals surface area contributed by atoms with Crippen molar-refractivity contribution in [2.24, 2.45) is 0 Å². The number of nitriles is 1. The topological polar surface area (TPSA) is 95.2 Å². The predicted molar refractivity (Wildman–Crippen MR) is 143 cm³/mol. The summed E-state index contributed by atoms with van der Waals surface area (Å²) in [6.45, 7) is 5.07. The van der Waals surface area contributed by atoms with Crippen molar-refractivity contribution >= 4 is 5.91 Å². The van der Waals surface area contributed by atoms with E-state index in [-0.39, 0.29) is 11.6 Å². The summed E-state index contributed by atoms with van der Waals surface area (Å²) in [4.78, 5) is 18.1. The van der Waals surface area contributed by atoms with Gasteiger partial charge >= 0.3 is 0 Å². The van der Waals surface area contributed by atoms with E-state index < -0.39 is 11.5 Å². The van der Waals surface area contributed by atoms with Crippen LogP contribution >= 0.6 is 0 Å². The summed E-state index contributed by atoms with van der Waals surface area (Å²) >= 11 is 0. The number of aromatic nitrogens is 1. The third kappa shape index (κ3) is 4.97. The molecule has 1 saturated carbocycles. The number of aryl methyl sites for hydroxylation is 1. The fourth-order valence-corrected chi connectivity index (χ4v) is 5.53. The minimum absolute atomic E-state index is 0.337. The van der Waals surface area contributed by atoms with Gasteiger partial charge in [0.1, 0.15) is 11.2 Å². The number of nitrogens with one attached hydrogen (secondary N) is 1. The van der Waals surface area contributed by atoms with Gasteiger partial charge in [-0.25, -0.2) is 4.98 Å². The van der Waals surface area contributed by atoms with Crippen LogP contribution in [0.1, 0.15) is 75.1 Å². The lowest BCUT2D eigenvalue weighted by molar-refractivity contribution is -0.138. The molecule has 0 bridgehead atoms. The van der Waals surface area contributed by atoms with Crippen LogP contribution in [0.2, 0.25) is 0 Å². The van der Waals surface area contributed by atoms with Crippen molar-refractivity contribution in [2.45, 2.75) is 76.5 Å². The summed E-state index contributed by atoms with van der Waals surface area (Å²) in [7, 11) is 0. The Hall–Kier alpha value is -3.69. The molecular weight excluding hydrogens is 462 g/mol. The minimum Gasteiger partial charge on any atom is -0.471 e. The lowest BCUT2D eigenvalue weighted by atomic mass is 9.77. The molecule has 1 unspecified atom stereocenters. The molecule has 1 aliphatic heterocycles. The highest BCUT2D eigenvalue weighted by Gasteiger charge is 2.44. The normalized spacial score (nSPS) is 18.4. The number of aliphatic hydroxyl groups is 1. The van der Waals surface area contributed by atoms with Gasteiger partial charge in [0.25, 0.3) is 5.91 Å². The van der Waals surface area contributed by atoms with E-state index >= 15 is 0 Å². The number of carbonyl (C=O) groups is 1. The van der Waals surface area contributed by atoms with Crippen LogP contribution in [0.15, 0.2) is 54.6 Å². The van der Waals surface area contributed by atoms with Crippen molar-refractivity contribution < 1.29 is 14.6 Å². The Kier molecular flexibility index (Phi) is 6.51. The lowest BCUT2D eigenvalue weighted by Crippen LogP contribution is -2.50. The highest BCUT2D eigenvalue weighted by Crippen LogP contribution is 2.48. The van der Waals surface area contributed by atoms with Crippen molar-refractivity contribution in [2.75, 3.05) is 0 Å². The molecule has 1 fully saturated rings. The van der Waals surface area contributed by atoms with Gasteiger partial charge in [-0.1, -0.05) is 42.8 Å². The molecule has 6 heteroatoms. The smallest absolute Gasteiger partial charge is 0.251 e. The van der Waals surface area contributed by atoms with Gasteiger partial charge in [0, 0.05) is 23.1 Å². The van der Waals surface area contributed by atoms with Crippen molar-refractivity contribution in [3.63, 3.8) is 0 Å². The second kappa shape index (κ2) is 9.64. The molecule has 2 N–H and O–H groups in total. The third-order valence-corrected chi connectivity index (χ3v) is 7.63. The van der Waals surface area contributed by atoms with Crippen molar-refractivity contribution in [3.8, 4) is 34.3 Å². The fourth-order valence-electron chi connectivity index (χ4n) is 5.53. The number of benzene rings is 2. The van der Waals surface area contributed by atoms with E-state index in [0.717, 1.165) is 59.2 Å². The first-order valence-corrected chi connectivity index (χ1v) is 13.0. The lowest BCUT2D eigenvalue weighted by Gasteiger charge is -2.44. The Morgan fingerprint density at radius 2 is 1.81 bits per heavy atom. The average Bonchev–Trinajstić information content (AvgIpc) is 2.88. The first-order chi connectivity index (χ1) is 17.7. The van der Waals surface area contributed by atoms with Crippen LogP contribution in [0.25, 0.3) is 22.4 Å². The number of hydrogen-bond donors (Lipinski definition) is 2. The number of nitrogens with zero attached hydrogens (tertiary/aromatic N) is 2. The summed E-state index contributed by atoms with van der Waals surface area (Å²) in [5, 5.41) is 22.8. The zero-order chi connectivity index (χ0) is 26.2.